The molecule has 0 aromatic heterocycles. The van der Waals surface area contributed by atoms with Gasteiger partial charge in [0.1, 0.15) is 12.9 Å². The Morgan fingerprint density at radius 2 is 2.50 bits per heavy atom. The largest absolute Gasteiger partial charge is 0.493 e. The smallest absolute Gasteiger partial charge is 0.355 e. The molecular formula is C10H14O4. The fourth-order valence-electron chi connectivity index (χ4n) is 0.894. The third kappa shape index (κ3) is 3.98. The normalized spacial score (nSPS) is 14.2. The summed E-state index contributed by atoms with van der Waals surface area (Å²) in [6.07, 6.45) is 7.03. The van der Waals surface area contributed by atoms with Crippen LogP contribution in [0.25, 0.3) is 0 Å². The number of hydrogen-bond acceptors (Lipinski definition) is 4. The second-order valence-corrected chi connectivity index (χ2v) is 2.90. The zero-order chi connectivity index (χ0) is 10.2. The van der Waals surface area contributed by atoms with E-state index in [1.165, 1.54) is 6.26 Å². The predicted molar refractivity (Wildman–Crippen MR) is 49.9 cm³/mol. The Morgan fingerprint density at radius 3 is 3.14 bits per heavy atom. The van der Waals surface area contributed by atoms with Crippen molar-refractivity contribution in [3.8, 4) is 0 Å². The van der Waals surface area contributed by atoms with Crippen molar-refractivity contribution in [3.05, 3.63) is 24.2 Å². The van der Waals surface area contributed by atoms with Gasteiger partial charge in [-0.1, -0.05) is 13.3 Å². The van der Waals surface area contributed by atoms with Gasteiger partial charge in [-0.15, -0.1) is 0 Å². The molecule has 0 spiro atoms. The van der Waals surface area contributed by atoms with Crippen molar-refractivity contribution in [2.24, 2.45) is 0 Å². The van der Waals surface area contributed by atoms with Crippen molar-refractivity contribution in [1.29, 1.82) is 0 Å². The summed E-state index contributed by atoms with van der Waals surface area (Å²) in [4.78, 5) is 20.3. The number of unbranched alkanes of at least 4 members (excludes halogenated alkanes) is 1. The van der Waals surface area contributed by atoms with E-state index in [0.717, 1.165) is 12.8 Å². The summed E-state index contributed by atoms with van der Waals surface area (Å²) < 4.78 is 4.93. The number of carbonyl (C=O) groups excluding carboxylic acids is 1. The molecule has 1 aliphatic heterocycles. The van der Waals surface area contributed by atoms with Crippen LogP contribution >= 0.6 is 0 Å². The molecule has 4 heteroatoms. The fourth-order valence-corrected chi connectivity index (χ4v) is 0.894. The molecule has 4 nitrogen and oxygen atoms in total. The summed E-state index contributed by atoms with van der Waals surface area (Å²) in [5, 5.41) is 0. The number of carbonyl (C=O) groups is 1. The Kier molecular flexibility index (Phi) is 4.61. The van der Waals surface area contributed by atoms with Crippen LogP contribution in [-0.2, 0) is 19.3 Å². The van der Waals surface area contributed by atoms with E-state index in [9.17, 15) is 4.79 Å². The lowest BCUT2D eigenvalue weighted by atomic mass is 10.3. The van der Waals surface area contributed by atoms with Crippen molar-refractivity contribution in [2.45, 2.75) is 26.2 Å². The second-order valence-electron chi connectivity index (χ2n) is 2.90. The van der Waals surface area contributed by atoms with Crippen molar-refractivity contribution in [3.63, 3.8) is 0 Å². The van der Waals surface area contributed by atoms with Gasteiger partial charge in [0.25, 0.3) is 0 Å². The van der Waals surface area contributed by atoms with Crippen molar-refractivity contribution in [1.82, 2.24) is 0 Å². The highest BCUT2D eigenvalue weighted by Gasteiger charge is 2.06. The predicted octanol–water partition coefficient (Wildman–Crippen LogP) is 2.08. The van der Waals surface area contributed by atoms with E-state index in [1.807, 2.05) is 6.92 Å². The highest BCUT2D eigenvalue weighted by Crippen LogP contribution is 2.07. The first-order chi connectivity index (χ1) is 6.83. The summed E-state index contributed by atoms with van der Waals surface area (Å²) in [6, 6.07) is 0. The zero-order valence-electron chi connectivity index (χ0n) is 8.19. The molecule has 0 bridgehead atoms. The van der Waals surface area contributed by atoms with Gasteiger partial charge in [-0.05, 0) is 18.6 Å². The van der Waals surface area contributed by atoms with Gasteiger partial charge in [0, 0.05) is 0 Å². The molecule has 0 amide bonds. The molecule has 0 aromatic rings. The van der Waals surface area contributed by atoms with Crippen molar-refractivity contribution >= 4 is 5.97 Å². The Bertz CT molecular complexity index is 243. The van der Waals surface area contributed by atoms with Crippen molar-refractivity contribution in [2.75, 3.05) is 6.61 Å². The van der Waals surface area contributed by atoms with E-state index in [-0.39, 0.29) is 5.97 Å². The zero-order valence-corrected chi connectivity index (χ0v) is 8.19. The summed E-state index contributed by atoms with van der Waals surface area (Å²) in [5.74, 6) is 0.0489. The third-order valence-corrected chi connectivity index (χ3v) is 1.64. The van der Waals surface area contributed by atoms with Gasteiger partial charge >= 0.3 is 5.97 Å². The minimum absolute atomic E-state index is 0.355. The lowest BCUT2D eigenvalue weighted by Crippen LogP contribution is -2.05. The molecule has 0 aliphatic carbocycles. The molecule has 14 heavy (non-hydrogen) atoms. The molecule has 1 heterocycles. The summed E-state index contributed by atoms with van der Waals surface area (Å²) in [6.45, 7) is 2.53. The molecule has 0 saturated carbocycles. The number of hydrogen-bond donors (Lipinski definition) is 0. The van der Waals surface area contributed by atoms with E-state index < -0.39 is 0 Å². The highest BCUT2D eigenvalue weighted by atomic mass is 17.2. The topological polar surface area (TPSA) is 44.8 Å². The Labute approximate surface area is 83.1 Å². The maximum absolute atomic E-state index is 11.0. The second kappa shape index (κ2) is 6.07. The average Bonchev–Trinajstić information content (AvgIpc) is 2.25. The number of rotatable bonds is 5. The van der Waals surface area contributed by atoms with E-state index >= 15 is 0 Å². The molecule has 0 saturated heterocycles. The van der Waals surface area contributed by atoms with E-state index in [0.29, 0.717) is 18.8 Å². The summed E-state index contributed by atoms with van der Waals surface area (Å²) in [5.41, 5.74) is 0. The third-order valence-electron chi connectivity index (χ3n) is 1.64. The maximum atomic E-state index is 11.0. The van der Waals surface area contributed by atoms with E-state index in [4.69, 9.17) is 9.62 Å². The van der Waals surface area contributed by atoms with Gasteiger partial charge in [0.15, 0.2) is 0 Å². The van der Waals surface area contributed by atoms with Crippen LogP contribution < -0.4 is 0 Å². The first-order valence-corrected chi connectivity index (χ1v) is 4.68. The Balaban J connectivity index is 2.16. The summed E-state index contributed by atoms with van der Waals surface area (Å²) in [7, 11) is 0. The molecule has 0 aromatic carbocycles. The Morgan fingerprint density at radius 1 is 1.64 bits per heavy atom. The first kappa shape index (κ1) is 10.6. The molecule has 1 aliphatic rings. The SMILES string of the molecule is CCCCC(=O)OOC1=COCC=C1. The molecule has 0 N–H and O–H groups in total. The van der Waals surface area contributed by atoms with Crippen LogP contribution in [0.3, 0.4) is 0 Å². The van der Waals surface area contributed by atoms with Crippen molar-refractivity contribution < 1.29 is 19.3 Å². The standard InChI is InChI=1S/C10H14O4/c1-2-3-6-10(11)14-13-9-5-4-7-12-8-9/h4-5,8H,2-3,6-7H2,1H3. The van der Waals surface area contributed by atoms with Crippen LogP contribution in [0.4, 0.5) is 0 Å². The molecule has 0 radical (unpaired) electrons. The molecule has 0 unspecified atom stereocenters. The van der Waals surface area contributed by atoms with Crippen LogP contribution in [0.2, 0.25) is 0 Å². The molecule has 0 atom stereocenters. The first-order valence-electron chi connectivity index (χ1n) is 4.68. The van der Waals surface area contributed by atoms with Gasteiger partial charge in [0.05, 0.1) is 6.42 Å². The molecular weight excluding hydrogens is 184 g/mol. The monoisotopic (exact) mass is 198 g/mol. The molecule has 0 fully saturated rings. The average molecular weight is 198 g/mol. The fraction of sp³-hybridized carbons (Fsp3) is 0.500. The van der Waals surface area contributed by atoms with E-state index in [1.54, 1.807) is 12.2 Å². The minimum Gasteiger partial charge on any atom is -0.493 e. The maximum Gasteiger partial charge on any atom is 0.355 e. The van der Waals surface area contributed by atoms with E-state index in [2.05, 4.69) is 4.89 Å². The van der Waals surface area contributed by atoms with Crippen LogP contribution in [0, 0.1) is 0 Å². The number of ether oxygens (including phenoxy) is 1. The van der Waals surface area contributed by atoms with Gasteiger partial charge in [-0.25, -0.2) is 4.79 Å². The molecule has 78 valence electrons. The molecule has 1 rings (SSSR count). The van der Waals surface area contributed by atoms with Gasteiger partial charge in [0.2, 0.25) is 5.76 Å². The van der Waals surface area contributed by atoms with Crippen LogP contribution in [0.1, 0.15) is 26.2 Å². The van der Waals surface area contributed by atoms with Crippen LogP contribution in [-0.4, -0.2) is 12.6 Å². The quantitative estimate of drug-likeness (QED) is 0.501. The lowest BCUT2D eigenvalue weighted by Gasteiger charge is -2.07. The highest BCUT2D eigenvalue weighted by molar-refractivity contribution is 5.68. The minimum atomic E-state index is -0.355. The van der Waals surface area contributed by atoms with Gasteiger partial charge in [-0.3, -0.25) is 9.78 Å². The number of allylic oxidation sites excluding steroid dienone is 1. The Hall–Kier alpha value is -1.45. The van der Waals surface area contributed by atoms with Gasteiger partial charge < -0.3 is 4.74 Å². The van der Waals surface area contributed by atoms with Crippen LogP contribution in [0.15, 0.2) is 24.2 Å². The lowest BCUT2D eigenvalue weighted by molar-refractivity contribution is -0.246. The summed E-state index contributed by atoms with van der Waals surface area (Å²) >= 11 is 0. The van der Waals surface area contributed by atoms with Crippen LogP contribution in [0.5, 0.6) is 0 Å². The van der Waals surface area contributed by atoms with Gasteiger partial charge in [-0.2, -0.15) is 0 Å².